The van der Waals surface area contributed by atoms with E-state index in [1.165, 1.54) is 17.4 Å². The van der Waals surface area contributed by atoms with Gasteiger partial charge >= 0.3 is 12.1 Å². The third kappa shape index (κ3) is 4.06. The Hall–Kier alpha value is -2.35. The van der Waals surface area contributed by atoms with Crippen LogP contribution in [0.25, 0.3) is 11.3 Å². The Balaban J connectivity index is 2.07. The number of nitrogens with zero attached hydrogens (tertiary/aromatic N) is 1. The van der Waals surface area contributed by atoms with Crippen molar-refractivity contribution in [1.29, 1.82) is 0 Å². The Morgan fingerprint density at radius 3 is 2.71 bits per heavy atom. The molecule has 3 N–H and O–H groups in total. The van der Waals surface area contributed by atoms with E-state index in [0.29, 0.717) is 16.4 Å². The number of aromatic nitrogens is 2. The summed E-state index contributed by atoms with van der Waals surface area (Å²) in [5, 5.41) is 13.5. The highest BCUT2D eigenvalue weighted by atomic mass is 32.1. The number of carboxylic acid groups (broad SMARTS) is 1. The number of aromatic amines is 1. The molecule has 21 heavy (non-hydrogen) atoms. The number of aromatic carboxylic acids is 1. The number of amides is 1. The molecule has 1 amide bonds. The highest BCUT2D eigenvalue weighted by molar-refractivity contribution is 7.14. The fourth-order valence-electron chi connectivity index (χ4n) is 1.52. The molecule has 2 aromatic rings. The number of ether oxygens (including phenoxy) is 1. The number of carbonyl (C=O) groups is 2. The SMILES string of the molecule is CC(C)(C)OC(=O)Nc1nc(-c2c[nH]c(C(=O)O)c2)cs1. The molecule has 0 saturated heterocycles. The second kappa shape index (κ2) is 5.57. The van der Waals surface area contributed by atoms with Crippen molar-refractivity contribution < 1.29 is 19.4 Å². The monoisotopic (exact) mass is 309 g/mol. The zero-order valence-electron chi connectivity index (χ0n) is 11.8. The van der Waals surface area contributed by atoms with Gasteiger partial charge in [0.2, 0.25) is 0 Å². The molecule has 0 aromatic carbocycles. The lowest BCUT2D eigenvalue weighted by molar-refractivity contribution is 0.0634. The summed E-state index contributed by atoms with van der Waals surface area (Å²) in [5.74, 6) is -1.04. The normalized spacial score (nSPS) is 11.2. The standard InChI is InChI=1S/C13H15N3O4S/c1-13(2,3)20-12(19)16-11-15-9(6-21-11)7-4-8(10(17)18)14-5-7/h4-6,14H,1-3H3,(H,17,18)(H,15,16,19). The van der Waals surface area contributed by atoms with Gasteiger partial charge in [-0.25, -0.2) is 14.6 Å². The van der Waals surface area contributed by atoms with Crippen LogP contribution in [0.2, 0.25) is 0 Å². The number of anilines is 1. The van der Waals surface area contributed by atoms with Crippen LogP contribution in [-0.2, 0) is 4.74 Å². The summed E-state index contributed by atoms with van der Waals surface area (Å²) in [4.78, 5) is 29.3. The Morgan fingerprint density at radius 1 is 1.43 bits per heavy atom. The fraction of sp³-hybridized carbons (Fsp3) is 0.308. The number of carbonyl (C=O) groups excluding carboxylic acids is 1. The van der Waals surface area contributed by atoms with E-state index < -0.39 is 17.7 Å². The first kappa shape index (κ1) is 15.0. The number of hydrogen-bond acceptors (Lipinski definition) is 5. The lowest BCUT2D eigenvalue weighted by Crippen LogP contribution is -2.27. The van der Waals surface area contributed by atoms with Crippen LogP contribution in [0, 0.1) is 0 Å². The van der Waals surface area contributed by atoms with E-state index in [0.717, 1.165) is 0 Å². The molecule has 0 fully saturated rings. The van der Waals surface area contributed by atoms with Gasteiger partial charge in [-0.2, -0.15) is 0 Å². The number of hydrogen-bond donors (Lipinski definition) is 3. The second-order valence-corrected chi connectivity index (χ2v) is 6.13. The van der Waals surface area contributed by atoms with Crippen LogP contribution in [0.4, 0.5) is 9.93 Å². The highest BCUT2D eigenvalue weighted by Gasteiger charge is 2.17. The van der Waals surface area contributed by atoms with Gasteiger partial charge in [0.25, 0.3) is 0 Å². The van der Waals surface area contributed by atoms with Gasteiger partial charge in [0.1, 0.15) is 11.3 Å². The third-order valence-corrected chi connectivity index (χ3v) is 3.08. The average molecular weight is 309 g/mol. The van der Waals surface area contributed by atoms with Gasteiger partial charge in [-0.15, -0.1) is 11.3 Å². The molecule has 0 saturated carbocycles. The first-order valence-electron chi connectivity index (χ1n) is 6.12. The van der Waals surface area contributed by atoms with E-state index in [9.17, 15) is 9.59 Å². The van der Waals surface area contributed by atoms with Crippen LogP contribution in [0.5, 0.6) is 0 Å². The smallest absolute Gasteiger partial charge is 0.413 e. The van der Waals surface area contributed by atoms with Gasteiger partial charge in [0.15, 0.2) is 5.13 Å². The van der Waals surface area contributed by atoms with E-state index in [1.807, 2.05) is 0 Å². The van der Waals surface area contributed by atoms with Crippen molar-refractivity contribution in [2.24, 2.45) is 0 Å². The van der Waals surface area contributed by atoms with Gasteiger partial charge in [0, 0.05) is 17.1 Å². The predicted molar refractivity (Wildman–Crippen MR) is 78.7 cm³/mol. The van der Waals surface area contributed by atoms with Crippen LogP contribution in [0.3, 0.4) is 0 Å². The van der Waals surface area contributed by atoms with Crippen LogP contribution < -0.4 is 5.32 Å². The highest BCUT2D eigenvalue weighted by Crippen LogP contribution is 2.25. The van der Waals surface area contributed by atoms with Gasteiger partial charge < -0.3 is 14.8 Å². The molecule has 7 nitrogen and oxygen atoms in total. The summed E-state index contributed by atoms with van der Waals surface area (Å²) in [7, 11) is 0. The third-order valence-electron chi connectivity index (χ3n) is 2.32. The summed E-state index contributed by atoms with van der Waals surface area (Å²) in [6, 6.07) is 1.48. The first-order chi connectivity index (χ1) is 9.74. The van der Waals surface area contributed by atoms with Crippen molar-refractivity contribution in [3.05, 3.63) is 23.3 Å². The minimum absolute atomic E-state index is 0.0830. The van der Waals surface area contributed by atoms with E-state index >= 15 is 0 Å². The van der Waals surface area contributed by atoms with Crippen LogP contribution >= 0.6 is 11.3 Å². The van der Waals surface area contributed by atoms with Crippen molar-refractivity contribution in [1.82, 2.24) is 9.97 Å². The van der Waals surface area contributed by atoms with Crippen LogP contribution in [0.1, 0.15) is 31.3 Å². The number of carboxylic acids is 1. The number of H-pyrrole nitrogens is 1. The maximum absolute atomic E-state index is 11.6. The lowest BCUT2D eigenvalue weighted by Gasteiger charge is -2.18. The summed E-state index contributed by atoms with van der Waals surface area (Å²) >= 11 is 1.23. The fourth-order valence-corrected chi connectivity index (χ4v) is 2.23. The van der Waals surface area contributed by atoms with E-state index in [2.05, 4.69) is 15.3 Å². The molecule has 2 aromatic heterocycles. The van der Waals surface area contributed by atoms with Crippen molar-refractivity contribution in [2.75, 3.05) is 5.32 Å². The van der Waals surface area contributed by atoms with Gasteiger partial charge in [-0.3, -0.25) is 5.32 Å². The molecule has 0 bridgehead atoms. The predicted octanol–water partition coefficient (Wildman–Crippen LogP) is 3.18. The second-order valence-electron chi connectivity index (χ2n) is 5.27. The Bertz CT molecular complexity index is 669. The molecule has 2 rings (SSSR count). The zero-order valence-corrected chi connectivity index (χ0v) is 12.6. The molecule has 2 heterocycles. The maximum Gasteiger partial charge on any atom is 0.413 e. The van der Waals surface area contributed by atoms with Gasteiger partial charge in [-0.05, 0) is 26.8 Å². The van der Waals surface area contributed by atoms with E-state index in [4.69, 9.17) is 9.84 Å². The van der Waals surface area contributed by atoms with Crippen molar-refractivity contribution in [3.8, 4) is 11.3 Å². The van der Waals surface area contributed by atoms with Gasteiger partial charge in [0.05, 0.1) is 5.69 Å². The van der Waals surface area contributed by atoms with Gasteiger partial charge in [-0.1, -0.05) is 0 Å². The Kier molecular flexibility index (Phi) is 3.99. The zero-order chi connectivity index (χ0) is 15.6. The number of rotatable bonds is 3. The molecule has 112 valence electrons. The van der Waals surface area contributed by atoms with Crippen molar-refractivity contribution in [2.45, 2.75) is 26.4 Å². The Morgan fingerprint density at radius 2 is 2.14 bits per heavy atom. The largest absolute Gasteiger partial charge is 0.477 e. The quantitative estimate of drug-likeness (QED) is 0.807. The Labute approximate surface area is 125 Å². The minimum Gasteiger partial charge on any atom is -0.477 e. The van der Waals surface area contributed by atoms with Crippen molar-refractivity contribution >= 4 is 28.5 Å². The minimum atomic E-state index is -1.04. The average Bonchev–Trinajstić information content (AvgIpc) is 2.93. The molecular formula is C13H15N3O4S. The number of thiazole rings is 1. The molecule has 0 unspecified atom stereocenters. The maximum atomic E-state index is 11.6. The number of nitrogens with one attached hydrogen (secondary N) is 2. The lowest BCUT2D eigenvalue weighted by atomic mass is 10.2. The van der Waals surface area contributed by atoms with Crippen molar-refractivity contribution in [3.63, 3.8) is 0 Å². The summed E-state index contributed by atoms with van der Waals surface area (Å²) in [6.45, 7) is 5.31. The van der Waals surface area contributed by atoms with E-state index in [-0.39, 0.29) is 5.69 Å². The molecule has 0 aliphatic carbocycles. The van der Waals surface area contributed by atoms with Crippen LogP contribution in [-0.4, -0.2) is 32.7 Å². The first-order valence-corrected chi connectivity index (χ1v) is 7.00. The molecule has 8 heteroatoms. The molecule has 0 aliphatic rings. The molecule has 0 spiro atoms. The van der Waals surface area contributed by atoms with E-state index in [1.54, 1.807) is 32.3 Å². The molecular weight excluding hydrogens is 294 g/mol. The summed E-state index contributed by atoms with van der Waals surface area (Å²) in [6.07, 6.45) is 0.971. The summed E-state index contributed by atoms with van der Waals surface area (Å²) < 4.78 is 5.12. The molecule has 0 radical (unpaired) electrons. The topological polar surface area (TPSA) is 104 Å². The summed E-state index contributed by atoms with van der Waals surface area (Å²) in [5.41, 5.74) is 0.719. The molecule has 0 atom stereocenters. The van der Waals surface area contributed by atoms with Crippen LogP contribution in [0.15, 0.2) is 17.6 Å². The molecule has 0 aliphatic heterocycles.